The van der Waals surface area contributed by atoms with Crippen molar-refractivity contribution in [3.05, 3.63) is 24.3 Å². The van der Waals surface area contributed by atoms with Crippen LogP contribution in [-0.2, 0) is 0 Å². The Morgan fingerprint density at radius 2 is 1.46 bits per heavy atom. The second-order valence-corrected chi connectivity index (χ2v) is 5.95. The van der Waals surface area contributed by atoms with E-state index >= 15 is 0 Å². The predicted octanol–water partition coefficient (Wildman–Crippen LogP) is 2.88. The fraction of sp³-hybridized carbons (Fsp3) is 0.533. The van der Waals surface area contributed by atoms with Crippen LogP contribution in [-0.4, -0.2) is 67.1 Å². The molecule has 0 aliphatic carbocycles. The van der Waals surface area contributed by atoms with E-state index in [-0.39, 0.29) is 37.7 Å². The van der Waals surface area contributed by atoms with E-state index in [1.807, 2.05) is 0 Å². The van der Waals surface area contributed by atoms with Crippen molar-refractivity contribution in [3.8, 4) is 11.5 Å². The minimum Gasteiger partial charge on any atom is -0.423 e. The zero-order chi connectivity index (χ0) is 19.2. The molecule has 0 radical (unpaired) electrons. The van der Waals surface area contributed by atoms with Crippen LogP contribution in [0.15, 0.2) is 29.3 Å². The van der Waals surface area contributed by atoms with Gasteiger partial charge in [0, 0.05) is 26.2 Å². The van der Waals surface area contributed by atoms with Crippen molar-refractivity contribution < 1.29 is 35.8 Å². The Morgan fingerprint density at radius 3 is 1.88 bits per heavy atom. The Labute approximate surface area is 144 Å². The number of benzene rings is 1. The largest absolute Gasteiger partial charge is 0.494 e. The number of nitrogens with zero attached hydrogens (tertiary/aromatic N) is 3. The van der Waals surface area contributed by atoms with Crippen LogP contribution in [0.5, 0.6) is 11.5 Å². The van der Waals surface area contributed by atoms with Gasteiger partial charge in [-0.3, -0.25) is 0 Å². The van der Waals surface area contributed by atoms with Crippen LogP contribution in [0.4, 0.5) is 26.3 Å². The quantitative estimate of drug-likeness (QED) is 0.425. The Balaban J connectivity index is 2.03. The highest BCUT2D eigenvalue weighted by Crippen LogP contribution is 2.47. The number of para-hydroxylation sites is 2. The molecule has 1 aromatic carbocycles. The normalized spacial score (nSPS) is 21.2. The summed E-state index contributed by atoms with van der Waals surface area (Å²) in [5.74, 6) is -6.09. The Morgan fingerprint density at radius 1 is 0.962 bits per heavy atom. The second kappa shape index (κ2) is 6.22. The average Bonchev–Trinajstić information content (AvgIpc) is 2.92. The molecule has 3 rings (SSSR count). The van der Waals surface area contributed by atoms with E-state index in [1.165, 1.54) is 24.3 Å². The van der Waals surface area contributed by atoms with Crippen LogP contribution < -0.4 is 9.47 Å². The van der Waals surface area contributed by atoms with Gasteiger partial charge in [0.1, 0.15) is 0 Å². The third-order valence-electron chi connectivity index (χ3n) is 4.01. The van der Waals surface area contributed by atoms with Gasteiger partial charge in [0.05, 0.1) is 0 Å². The number of fused-ring (bicyclic) bond motifs is 1. The van der Waals surface area contributed by atoms with Crippen molar-refractivity contribution in [2.75, 3.05) is 33.2 Å². The summed E-state index contributed by atoms with van der Waals surface area (Å²) in [6, 6.07) is 5.09. The van der Waals surface area contributed by atoms with E-state index in [9.17, 15) is 26.3 Å². The fourth-order valence-corrected chi connectivity index (χ4v) is 2.63. The predicted molar refractivity (Wildman–Crippen MR) is 79.0 cm³/mol. The number of hydrogen-bond donors (Lipinski definition) is 0. The molecule has 0 spiro atoms. The van der Waals surface area contributed by atoms with E-state index in [1.54, 1.807) is 11.9 Å². The molecule has 1 saturated heterocycles. The van der Waals surface area contributed by atoms with Gasteiger partial charge in [0.2, 0.25) is 5.84 Å². The maximum absolute atomic E-state index is 13.6. The summed E-state index contributed by atoms with van der Waals surface area (Å²) in [5.41, 5.74) is 0. The van der Waals surface area contributed by atoms with Gasteiger partial charge in [0.25, 0.3) is 0 Å². The minimum absolute atomic E-state index is 0.115. The van der Waals surface area contributed by atoms with Crippen molar-refractivity contribution in [2.24, 2.45) is 4.99 Å². The van der Waals surface area contributed by atoms with Crippen LogP contribution in [0, 0.1) is 0 Å². The lowest BCUT2D eigenvalue weighted by atomic mass is 10.3. The Kier molecular flexibility index (Phi) is 4.45. The van der Waals surface area contributed by atoms with Crippen molar-refractivity contribution in [2.45, 2.75) is 18.3 Å². The number of ether oxygens (including phenoxy) is 2. The molecule has 5 nitrogen and oxygen atoms in total. The van der Waals surface area contributed by atoms with E-state index in [0.29, 0.717) is 0 Å². The molecule has 2 aliphatic rings. The molecule has 0 saturated carbocycles. The lowest BCUT2D eigenvalue weighted by Crippen LogP contribution is -2.56. The summed E-state index contributed by atoms with van der Waals surface area (Å²) in [6.07, 6.45) is -10.4. The number of halogens is 6. The van der Waals surface area contributed by atoms with Crippen molar-refractivity contribution in [1.29, 1.82) is 0 Å². The molecule has 0 aromatic heterocycles. The molecule has 1 aromatic rings. The Bertz CT molecular complexity index is 670. The molecule has 11 heteroatoms. The number of aliphatic imine (C=N–C) groups is 1. The highest BCUT2D eigenvalue weighted by molar-refractivity contribution is 5.88. The first kappa shape index (κ1) is 18.6. The van der Waals surface area contributed by atoms with Crippen LogP contribution in [0.1, 0.15) is 0 Å². The summed E-state index contributed by atoms with van der Waals surface area (Å²) in [7, 11) is 1.71. The zero-order valence-electron chi connectivity index (χ0n) is 13.6. The number of piperazine rings is 1. The van der Waals surface area contributed by atoms with Gasteiger partial charge in [0.15, 0.2) is 11.5 Å². The van der Waals surface area contributed by atoms with Crippen molar-refractivity contribution >= 4 is 5.84 Å². The number of rotatable bonds is 1. The molecule has 2 aliphatic heterocycles. The van der Waals surface area contributed by atoms with Gasteiger partial charge >= 0.3 is 18.3 Å². The molecule has 0 amide bonds. The highest BCUT2D eigenvalue weighted by atomic mass is 19.4. The SMILES string of the molecule is CN1CCN(/C(=N\C2(C(F)(F)F)Oc3ccccc3O2)C(F)(F)F)CC1. The van der Waals surface area contributed by atoms with Gasteiger partial charge in [-0.1, -0.05) is 12.1 Å². The van der Waals surface area contributed by atoms with E-state index in [2.05, 4.69) is 4.99 Å². The first-order chi connectivity index (χ1) is 12.0. The molecule has 144 valence electrons. The standard InChI is InChI=1S/C15H15F6N3O2/c1-23-6-8-24(9-7-23)12(13(16,17)18)22-15(14(19,20)21)25-10-4-2-3-5-11(10)26-15/h2-5H,6-9H2,1H3/b22-12-. The molecular weight excluding hydrogens is 368 g/mol. The highest BCUT2D eigenvalue weighted by Gasteiger charge is 2.66. The molecule has 26 heavy (non-hydrogen) atoms. The van der Waals surface area contributed by atoms with Crippen LogP contribution >= 0.6 is 0 Å². The zero-order valence-corrected chi connectivity index (χ0v) is 13.6. The van der Waals surface area contributed by atoms with Crippen LogP contribution in [0.3, 0.4) is 0 Å². The number of alkyl halides is 6. The maximum Gasteiger partial charge on any atom is 0.494 e. The van der Waals surface area contributed by atoms with Crippen molar-refractivity contribution in [3.63, 3.8) is 0 Å². The van der Waals surface area contributed by atoms with E-state index < -0.39 is 24.1 Å². The van der Waals surface area contributed by atoms with Gasteiger partial charge in [-0.2, -0.15) is 31.3 Å². The van der Waals surface area contributed by atoms with Gasteiger partial charge < -0.3 is 19.3 Å². The summed E-state index contributed by atoms with van der Waals surface area (Å²) in [6.45, 7) is 0.289. The number of hydrogen-bond acceptors (Lipinski definition) is 4. The monoisotopic (exact) mass is 383 g/mol. The smallest absolute Gasteiger partial charge is 0.423 e. The van der Waals surface area contributed by atoms with Gasteiger partial charge in [-0.25, -0.2) is 0 Å². The Hall–Kier alpha value is -2.17. The minimum atomic E-state index is -5.32. The average molecular weight is 383 g/mol. The molecule has 0 bridgehead atoms. The first-order valence-corrected chi connectivity index (χ1v) is 7.66. The third-order valence-corrected chi connectivity index (χ3v) is 4.01. The fourth-order valence-electron chi connectivity index (χ4n) is 2.63. The summed E-state index contributed by atoms with van der Waals surface area (Å²) < 4.78 is 90.7. The van der Waals surface area contributed by atoms with Crippen LogP contribution in [0.25, 0.3) is 0 Å². The van der Waals surface area contributed by atoms with Gasteiger partial charge in [-0.15, -0.1) is 0 Å². The molecule has 0 unspecified atom stereocenters. The number of likely N-dealkylation sites (N-methyl/N-ethyl adjacent to an activating group) is 1. The third kappa shape index (κ3) is 3.39. The maximum atomic E-state index is 13.6. The molecule has 1 fully saturated rings. The molecule has 0 atom stereocenters. The lowest BCUT2D eigenvalue weighted by molar-refractivity contribution is -0.306. The summed E-state index contributed by atoms with van der Waals surface area (Å²) in [4.78, 5) is 5.48. The summed E-state index contributed by atoms with van der Waals surface area (Å²) in [5, 5.41) is 0. The number of amidine groups is 1. The molecular formula is C15H15F6N3O2. The van der Waals surface area contributed by atoms with Crippen molar-refractivity contribution in [1.82, 2.24) is 9.80 Å². The lowest BCUT2D eigenvalue weighted by Gasteiger charge is -2.36. The molecule has 2 heterocycles. The van der Waals surface area contributed by atoms with E-state index in [4.69, 9.17) is 9.47 Å². The second-order valence-electron chi connectivity index (χ2n) is 5.95. The topological polar surface area (TPSA) is 37.3 Å². The first-order valence-electron chi connectivity index (χ1n) is 7.66. The van der Waals surface area contributed by atoms with Gasteiger partial charge in [-0.05, 0) is 19.2 Å². The summed E-state index contributed by atoms with van der Waals surface area (Å²) >= 11 is 0. The van der Waals surface area contributed by atoms with E-state index in [0.717, 1.165) is 4.90 Å². The molecule has 0 N–H and O–H groups in total. The van der Waals surface area contributed by atoms with Crippen LogP contribution in [0.2, 0.25) is 0 Å².